The van der Waals surface area contributed by atoms with Crippen LogP contribution in [0.3, 0.4) is 0 Å². The average Bonchev–Trinajstić information content (AvgIpc) is 3.52. The zero-order chi connectivity index (χ0) is 34.8. The molecule has 49 heavy (non-hydrogen) atoms. The zero-order valence-corrected chi connectivity index (χ0v) is 29.0. The van der Waals surface area contributed by atoms with Crippen LogP contribution in [0.15, 0.2) is 109 Å². The van der Waals surface area contributed by atoms with Crippen LogP contribution in [0.5, 0.6) is 0 Å². The van der Waals surface area contributed by atoms with Gasteiger partial charge in [-0.1, -0.05) is 85.8 Å². The van der Waals surface area contributed by atoms with Crippen LogP contribution >= 0.6 is 0 Å². The Morgan fingerprint density at radius 1 is 0.939 bits per heavy atom. The summed E-state index contributed by atoms with van der Waals surface area (Å²) >= 11 is 0. The molecule has 3 amide bonds. The Morgan fingerprint density at radius 3 is 2.24 bits per heavy atom. The number of halogens is 1. The first-order chi connectivity index (χ1) is 23.6. The number of carbonyl (C=O) groups is 3. The van der Waals surface area contributed by atoms with Crippen molar-refractivity contribution in [2.45, 2.75) is 56.8 Å². The number of benzene rings is 4. The molecule has 0 aliphatic carbocycles. The fourth-order valence-electron chi connectivity index (χ4n) is 7.72. The van der Waals surface area contributed by atoms with Crippen molar-refractivity contribution in [1.29, 1.82) is 0 Å². The van der Waals surface area contributed by atoms with Gasteiger partial charge in [-0.15, -0.1) is 0 Å². The summed E-state index contributed by atoms with van der Waals surface area (Å²) < 4.78 is 23.1. The van der Waals surface area contributed by atoms with Crippen LogP contribution in [0.25, 0.3) is 0 Å². The lowest BCUT2D eigenvalue weighted by atomic mass is 9.82. The third-order valence-electron chi connectivity index (χ3n) is 9.85. The van der Waals surface area contributed by atoms with Gasteiger partial charge in [0, 0.05) is 41.5 Å². The molecule has 2 aliphatic heterocycles. The van der Waals surface area contributed by atoms with E-state index in [1.807, 2.05) is 116 Å². The number of aliphatic hydroxyl groups is 1. The second kappa shape index (κ2) is 14.1. The highest BCUT2D eigenvalue weighted by molar-refractivity contribution is 6.72. The van der Waals surface area contributed by atoms with E-state index in [2.05, 4.69) is 0 Å². The first kappa shape index (κ1) is 34.2. The number of nitrogens with zero attached hydrogens (tertiary/aromatic N) is 3. The third-order valence-corrected chi connectivity index (χ3v) is 12.3. The fourth-order valence-corrected chi connectivity index (χ4v) is 10.2. The van der Waals surface area contributed by atoms with E-state index in [0.717, 1.165) is 23.2 Å². The van der Waals surface area contributed by atoms with Gasteiger partial charge < -0.3 is 23.8 Å². The smallest absolute Gasteiger partial charge is 0.264 e. The second-order valence-corrected chi connectivity index (χ2v) is 17.2. The van der Waals surface area contributed by atoms with Gasteiger partial charge in [0.25, 0.3) is 5.91 Å². The summed E-state index contributed by atoms with van der Waals surface area (Å²) in [4.78, 5) is 45.6. The Balaban J connectivity index is 1.31. The van der Waals surface area contributed by atoms with Gasteiger partial charge in [-0.2, -0.15) is 0 Å². The van der Waals surface area contributed by atoms with Crippen LogP contribution in [0, 0.1) is 5.92 Å². The van der Waals surface area contributed by atoms with Gasteiger partial charge in [-0.3, -0.25) is 19.3 Å². The largest absolute Gasteiger partial charge is 0.395 e. The molecule has 6 rings (SSSR count). The van der Waals surface area contributed by atoms with E-state index < -0.39 is 31.6 Å². The highest BCUT2D eigenvalue weighted by Crippen LogP contribution is 2.60. The van der Waals surface area contributed by atoms with E-state index in [0.29, 0.717) is 23.5 Å². The molecule has 1 fully saturated rings. The quantitative estimate of drug-likeness (QED) is 0.102. The molecule has 0 bridgehead atoms. The van der Waals surface area contributed by atoms with Crippen molar-refractivity contribution in [3.05, 3.63) is 126 Å². The van der Waals surface area contributed by atoms with Gasteiger partial charge in [-0.05, 0) is 54.6 Å². The van der Waals surface area contributed by atoms with Crippen LogP contribution in [0.2, 0.25) is 18.6 Å². The lowest BCUT2D eigenvalue weighted by Gasteiger charge is -2.31. The minimum Gasteiger partial charge on any atom is -0.395 e. The standard InChI is InChI=1S/C39H42FN3O5Si/c1-28-37(49(2,3)40)35(24-36(46)41(21-22-44)25-29-13-6-4-7-14-29)48-39(28)33-19-10-11-20-34(33)42(38(39)47)26-30-15-12-18-32(23-30)43(27-45)31-16-8-5-9-17-31/h4-20,23,27-28,35,37,44H,21-22,24-26H2,1-3H3/t28-,35+,37-,39+/m0/s1. The van der Waals surface area contributed by atoms with Crippen molar-refractivity contribution >= 4 is 43.7 Å². The molecule has 1 saturated heterocycles. The monoisotopic (exact) mass is 679 g/mol. The summed E-state index contributed by atoms with van der Waals surface area (Å²) in [7, 11) is -3.50. The number of hydrogen-bond acceptors (Lipinski definition) is 5. The Labute approximate surface area is 287 Å². The molecule has 254 valence electrons. The predicted molar refractivity (Wildman–Crippen MR) is 190 cm³/mol. The molecule has 8 nitrogen and oxygen atoms in total. The van der Waals surface area contributed by atoms with Crippen LogP contribution < -0.4 is 9.80 Å². The van der Waals surface area contributed by atoms with Crippen molar-refractivity contribution in [2.24, 2.45) is 5.92 Å². The second-order valence-electron chi connectivity index (χ2n) is 13.4. The highest BCUT2D eigenvalue weighted by atomic mass is 28.4. The van der Waals surface area contributed by atoms with Crippen molar-refractivity contribution in [2.75, 3.05) is 23.0 Å². The maximum atomic E-state index is 16.4. The molecule has 2 aliphatic rings. The van der Waals surface area contributed by atoms with E-state index in [4.69, 9.17) is 4.74 Å². The average molecular weight is 680 g/mol. The third kappa shape index (κ3) is 6.56. The zero-order valence-electron chi connectivity index (χ0n) is 28.0. The molecule has 2 heterocycles. The van der Waals surface area contributed by atoms with Gasteiger partial charge in [-0.25, -0.2) is 0 Å². The molecule has 1 N–H and O–H groups in total. The number of fused-ring (bicyclic) bond motifs is 2. The van der Waals surface area contributed by atoms with Gasteiger partial charge in [0.1, 0.15) is 0 Å². The van der Waals surface area contributed by atoms with E-state index in [1.54, 1.807) is 27.8 Å². The van der Waals surface area contributed by atoms with E-state index >= 15 is 4.11 Å². The first-order valence-electron chi connectivity index (χ1n) is 16.7. The van der Waals surface area contributed by atoms with Crippen molar-refractivity contribution < 1.29 is 28.3 Å². The normalized spacial score (nSPS) is 21.5. The topological polar surface area (TPSA) is 90.4 Å². The number of rotatable bonds is 12. The van der Waals surface area contributed by atoms with Crippen LogP contribution in [0.1, 0.15) is 30.0 Å². The summed E-state index contributed by atoms with van der Waals surface area (Å²) in [6, 6.07) is 33.7. The molecule has 0 aromatic heterocycles. The number of carbonyl (C=O) groups excluding carboxylic acids is 3. The first-order valence-corrected chi connectivity index (χ1v) is 19.6. The van der Waals surface area contributed by atoms with Crippen molar-refractivity contribution in [1.82, 2.24) is 4.90 Å². The maximum Gasteiger partial charge on any atom is 0.264 e. The Bertz CT molecular complexity index is 1800. The molecule has 0 radical (unpaired) electrons. The van der Waals surface area contributed by atoms with Gasteiger partial charge in [0.15, 0.2) is 5.60 Å². The van der Waals surface area contributed by atoms with E-state index in [-0.39, 0.29) is 37.9 Å². The lowest BCUT2D eigenvalue weighted by molar-refractivity contribution is -0.150. The number of anilines is 3. The maximum absolute atomic E-state index is 16.4. The minimum atomic E-state index is -3.50. The number of aliphatic hydroxyl groups excluding tert-OH is 1. The highest BCUT2D eigenvalue weighted by Gasteiger charge is 2.67. The lowest BCUT2D eigenvalue weighted by Crippen LogP contribution is -2.45. The Morgan fingerprint density at radius 2 is 1.57 bits per heavy atom. The van der Waals surface area contributed by atoms with Crippen LogP contribution in [-0.2, 0) is 37.8 Å². The SMILES string of the molecule is C[C@H]1[C@H]([Si](C)(C)F)[C@@H](CC(=O)N(CCO)Cc2ccccc2)O[C@]12C(=O)N(Cc1cccc(N(C=O)c3ccccc3)c1)c1ccccc12. The number of hydrogen-bond donors (Lipinski definition) is 1. The van der Waals surface area contributed by atoms with Gasteiger partial charge in [0.05, 0.1) is 31.4 Å². The molecule has 1 spiro atoms. The Hall–Kier alpha value is -4.64. The molecule has 4 aromatic rings. The van der Waals surface area contributed by atoms with Crippen LogP contribution in [0.4, 0.5) is 21.2 Å². The number of amides is 3. The molecule has 10 heteroatoms. The fraction of sp³-hybridized carbons (Fsp3) is 0.308. The molecule has 0 unspecified atom stereocenters. The van der Waals surface area contributed by atoms with Crippen molar-refractivity contribution in [3.63, 3.8) is 0 Å². The molecule has 4 atom stereocenters. The number of ether oxygens (including phenoxy) is 1. The molecule has 0 saturated carbocycles. The minimum absolute atomic E-state index is 0.109. The Kier molecular flexibility index (Phi) is 9.83. The van der Waals surface area contributed by atoms with Gasteiger partial charge in [0.2, 0.25) is 20.7 Å². The predicted octanol–water partition coefficient (Wildman–Crippen LogP) is 6.71. The molecule has 4 aromatic carbocycles. The summed E-state index contributed by atoms with van der Waals surface area (Å²) in [5.74, 6) is -1.11. The van der Waals surface area contributed by atoms with Crippen LogP contribution in [-0.4, -0.2) is 55.9 Å². The summed E-state index contributed by atoms with van der Waals surface area (Å²) in [5.41, 5.74) is 2.32. The molecular formula is C39H42FN3O5Si. The summed E-state index contributed by atoms with van der Waals surface area (Å²) in [6.45, 7) is 5.52. The van der Waals surface area contributed by atoms with E-state index in [9.17, 15) is 19.5 Å². The van der Waals surface area contributed by atoms with E-state index in [1.165, 1.54) is 0 Å². The van der Waals surface area contributed by atoms with Crippen molar-refractivity contribution in [3.8, 4) is 0 Å². The summed E-state index contributed by atoms with van der Waals surface area (Å²) in [6.07, 6.45) is -0.180. The number of para-hydroxylation sites is 2. The van der Waals surface area contributed by atoms with Gasteiger partial charge >= 0.3 is 0 Å². The molecular weight excluding hydrogens is 638 g/mol. The summed E-state index contributed by atoms with van der Waals surface area (Å²) in [5, 5.41) is 9.78.